The predicted octanol–water partition coefficient (Wildman–Crippen LogP) is 2.23. The first kappa shape index (κ1) is 16.0. The van der Waals surface area contributed by atoms with Gasteiger partial charge in [0, 0.05) is 24.9 Å². The first-order valence-electron chi connectivity index (χ1n) is 6.56. The van der Waals surface area contributed by atoms with Crippen LogP contribution in [0, 0.1) is 24.0 Å². The maximum Gasteiger partial charge on any atom is 0.271 e. The summed E-state index contributed by atoms with van der Waals surface area (Å²) in [6.45, 7) is 5.66. The second-order valence-electron chi connectivity index (χ2n) is 4.80. The van der Waals surface area contributed by atoms with Crippen LogP contribution in [0.1, 0.15) is 18.2 Å². The molecule has 118 valence electrons. The van der Waals surface area contributed by atoms with Gasteiger partial charge in [0.05, 0.1) is 16.3 Å². The molecule has 0 atom stereocenters. The summed E-state index contributed by atoms with van der Waals surface area (Å²) in [5.74, 6) is 0. The van der Waals surface area contributed by atoms with E-state index in [-0.39, 0.29) is 16.3 Å². The zero-order valence-corrected chi connectivity index (χ0v) is 13.2. The molecule has 0 amide bonds. The van der Waals surface area contributed by atoms with Crippen molar-refractivity contribution >= 4 is 21.4 Å². The zero-order chi connectivity index (χ0) is 16.5. The van der Waals surface area contributed by atoms with Crippen LogP contribution in [-0.4, -0.2) is 23.1 Å². The lowest BCUT2D eigenvalue weighted by Gasteiger charge is -2.09. The molecular weight excluding hydrogens is 308 g/mol. The van der Waals surface area contributed by atoms with Crippen LogP contribution < -0.4 is 4.72 Å². The van der Waals surface area contributed by atoms with Gasteiger partial charge in [-0.1, -0.05) is 6.07 Å². The summed E-state index contributed by atoms with van der Waals surface area (Å²) in [5.41, 5.74) is 0.967. The topological polar surface area (TPSA) is 107 Å². The van der Waals surface area contributed by atoms with Crippen LogP contribution in [0.25, 0.3) is 0 Å². The number of aromatic nitrogens is 2. The summed E-state index contributed by atoms with van der Waals surface area (Å²) in [4.78, 5) is 10.3. The lowest BCUT2D eigenvalue weighted by molar-refractivity contribution is -0.384. The molecule has 0 radical (unpaired) electrons. The number of rotatable bonds is 5. The predicted molar refractivity (Wildman–Crippen MR) is 81.3 cm³/mol. The summed E-state index contributed by atoms with van der Waals surface area (Å²) in [6, 6.07) is 4.03. The Bertz CT molecular complexity index is 827. The average Bonchev–Trinajstić information content (AvgIpc) is 2.83. The highest BCUT2D eigenvalue weighted by Gasteiger charge is 2.22. The number of nitrogens with one attached hydrogen (secondary N) is 1. The summed E-state index contributed by atoms with van der Waals surface area (Å²) < 4.78 is 28.8. The van der Waals surface area contributed by atoms with Crippen LogP contribution in [0.4, 0.5) is 11.4 Å². The number of sulfonamides is 1. The van der Waals surface area contributed by atoms with Crippen molar-refractivity contribution in [2.45, 2.75) is 32.2 Å². The minimum absolute atomic E-state index is 0.0558. The van der Waals surface area contributed by atoms with E-state index in [2.05, 4.69) is 9.82 Å². The Kier molecular flexibility index (Phi) is 4.18. The van der Waals surface area contributed by atoms with Crippen molar-refractivity contribution in [1.29, 1.82) is 0 Å². The number of non-ortho nitro benzene ring substituents is 1. The highest BCUT2D eigenvalue weighted by molar-refractivity contribution is 7.92. The molecule has 1 aromatic carbocycles. The van der Waals surface area contributed by atoms with Crippen molar-refractivity contribution in [3.63, 3.8) is 0 Å². The molecule has 0 aliphatic rings. The maximum atomic E-state index is 12.5. The fraction of sp³-hybridized carbons (Fsp3) is 0.308. The molecule has 0 bridgehead atoms. The number of nitro benzene ring substituents is 1. The fourth-order valence-electron chi connectivity index (χ4n) is 1.96. The van der Waals surface area contributed by atoms with Crippen LogP contribution in [0.5, 0.6) is 0 Å². The number of nitrogens with zero attached hydrogens (tertiary/aromatic N) is 3. The second-order valence-corrected chi connectivity index (χ2v) is 6.45. The molecule has 8 nitrogen and oxygen atoms in total. The molecule has 22 heavy (non-hydrogen) atoms. The smallest absolute Gasteiger partial charge is 0.271 e. The molecule has 2 aromatic rings. The number of hydrogen-bond donors (Lipinski definition) is 1. The Labute approximate surface area is 128 Å². The third-order valence-corrected chi connectivity index (χ3v) is 4.66. The quantitative estimate of drug-likeness (QED) is 0.670. The molecule has 0 aliphatic carbocycles. The van der Waals surface area contributed by atoms with E-state index in [1.807, 2.05) is 6.92 Å². The number of hydrogen-bond acceptors (Lipinski definition) is 5. The van der Waals surface area contributed by atoms with Gasteiger partial charge in [0.2, 0.25) is 0 Å². The molecule has 1 aromatic heterocycles. The summed E-state index contributed by atoms with van der Waals surface area (Å²) in [5, 5.41) is 14.9. The minimum atomic E-state index is -3.85. The Morgan fingerprint density at radius 1 is 1.36 bits per heavy atom. The summed E-state index contributed by atoms with van der Waals surface area (Å²) in [7, 11) is -3.85. The number of anilines is 1. The van der Waals surface area contributed by atoms with Gasteiger partial charge < -0.3 is 0 Å². The van der Waals surface area contributed by atoms with Gasteiger partial charge in [-0.25, -0.2) is 8.42 Å². The van der Waals surface area contributed by atoms with Crippen LogP contribution >= 0.6 is 0 Å². The molecular formula is C13H16N4O4S. The monoisotopic (exact) mass is 324 g/mol. The summed E-state index contributed by atoms with van der Waals surface area (Å²) >= 11 is 0. The zero-order valence-electron chi connectivity index (χ0n) is 12.4. The molecule has 1 heterocycles. The molecule has 0 unspecified atom stereocenters. The van der Waals surface area contributed by atoms with Crippen LogP contribution in [0.15, 0.2) is 29.3 Å². The largest absolute Gasteiger partial charge is 0.279 e. The van der Waals surface area contributed by atoms with E-state index in [9.17, 15) is 18.5 Å². The minimum Gasteiger partial charge on any atom is -0.279 e. The van der Waals surface area contributed by atoms with Crippen molar-refractivity contribution in [3.8, 4) is 0 Å². The van der Waals surface area contributed by atoms with Crippen molar-refractivity contribution in [1.82, 2.24) is 9.78 Å². The van der Waals surface area contributed by atoms with Gasteiger partial charge in [0.15, 0.2) is 0 Å². The van der Waals surface area contributed by atoms with Gasteiger partial charge in [-0.2, -0.15) is 5.10 Å². The third-order valence-electron chi connectivity index (χ3n) is 3.19. The Morgan fingerprint density at radius 3 is 2.59 bits per heavy atom. The molecule has 9 heteroatoms. The Morgan fingerprint density at radius 2 is 2.05 bits per heavy atom. The van der Waals surface area contributed by atoms with Gasteiger partial charge in [-0.05, 0) is 26.3 Å². The van der Waals surface area contributed by atoms with Gasteiger partial charge in [-0.15, -0.1) is 0 Å². The van der Waals surface area contributed by atoms with Crippen LogP contribution in [-0.2, 0) is 16.6 Å². The van der Waals surface area contributed by atoms with Crippen molar-refractivity contribution < 1.29 is 13.3 Å². The van der Waals surface area contributed by atoms with Gasteiger partial charge in [-0.3, -0.25) is 19.5 Å². The van der Waals surface area contributed by atoms with E-state index in [1.165, 1.54) is 29.1 Å². The fourth-order valence-corrected chi connectivity index (χ4v) is 3.27. The first-order chi connectivity index (χ1) is 10.2. The maximum absolute atomic E-state index is 12.5. The Hall–Kier alpha value is -2.42. The lowest BCUT2D eigenvalue weighted by atomic mass is 10.2. The second kappa shape index (κ2) is 5.76. The Balaban J connectivity index is 2.42. The first-order valence-corrected chi connectivity index (χ1v) is 8.05. The van der Waals surface area contributed by atoms with E-state index >= 15 is 0 Å². The third kappa shape index (κ3) is 3.08. The van der Waals surface area contributed by atoms with Gasteiger partial charge >= 0.3 is 0 Å². The van der Waals surface area contributed by atoms with Crippen molar-refractivity contribution in [2.75, 3.05) is 4.72 Å². The lowest BCUT2D eigenvalue weighted by Crippen LogP contribution is -2.14. The van der Waals surface area contributed by atoms with E-state index in [0.29, 0.717) is 17.8 Å². The van der Waals surface area contributed by atoms with Crippen molar-refractivity contribution in [3.05, 3.63) is 45.8 Å². The molecule has 0 spiro atoms. The highest BCUT2D eigenvalue weighted by Crippen LogP contribution is 2.25. The number of benzene rings is 1. The standard InChI is InChI=1S/C13H16N4O4S/c1-4-16-8-13(10(3)14-16)22(20,21)15-12-7-11(17(18)19)6-5-9(12)2/h5-8,15H,4H2,1-3H3. The van der Waals surface area contributed by atoms with E-state index in [1.54, 1.807) is 13.8 Å². The molecule has 2 rings (SSSR count). The van der Waals surface area contributed by atoms with E-state index < -0.39 is 14.9 Å². The highest BCUT2D eigenvalue weighted by atomic mass is 32.2. The van der Waals surface area contributed by atoms with Crippen LogP contribution in [0.2, 0.25) is 0 Å². The molecule has 0 aliphatic heterocycles. The van der Waals surface area contributed by atoms with E-state index in [4.69, 9.17) is 0 Å². The molecule has 0 saturated carbocycles. The SMILES string of the molecule is CCn1cc(S(=O)(=O)Nc2cc([N+](=O)[O-])ccc2C)c(C)n1. The normalized spacial score (nSPS) is 11.4. The van der Waals surface area contributed by atoms with Crippen LogP contribution in [0.3, 0.4) is 0 Å². The van der Waals surface area contributed by atoms with Crippen molar-refractivity contribution in [2.24, 2.45) is 0 Å². The van der Waals surface area contributed by atoms with Gasteiger partial charge in [0.1, 0.15) is 4.90 Å². The molecule has 0 saturated heterocycles. The van der Waals surface area contributed by atoms with Gasteiger partial charge in [0.25, 0.3) is 15.7 Å². The molecule has 1 N–H and O–H groups in total. The summed E-state index contributed by atoms with van der Waals surface area (Å²) in [6.07, 6.45) is 1.43. The number of aryl methyl sites for hydroxylation is 3. The molecule has 0 fully saturated rings. The van der Waals surface area contributed by atoms with E-state index in [0.717, 1.165) is 0 Å². The number of nitro groups is 1. The average molecular weight is 324 g/mol.